The lowest BCUT2D eigenvalue weighted by molar-refractivity contribution is -0.129. The fourth-order valence-electron chi connectivity index (χ4n) is 5.23. The van der Waals surface area contributed by atoms with Gasteiger partial charge in [0.25, 0.3) is 5.91 Å². The number of hydrogen-bond donors (Lipinski definition) is 0. The highest BCUT2D eigenvalue weighted by Crippen LogP contribution is 2.40. The lowest BCUT2D eigenvalue weighted by atomic mass is 10.0. The van der Waals surface area contributed by atoms with Gasteiger partial charge in [-0.1, -0.05) is 23.7 Å². The summed E-state index contributed by atoms with van der Waals surface area (Å²) in [5.74, 6) is 1.50. The number of halogens is 1. The van der Waals surface area contributed by atoms with Crippen LogP contribution in [0.2, 0.25) is 5.02 Å². The van der Waals surface area contributed by atoms with Gasteiger partial charge in [-0.15, -0.1) is 0 Å². The molecule has 0 saturated carbocycles. The Labute approximate surface area is 205 Å². The van der Waals surface area contributed by atoms with Crippen LogP contribution in [0.4, 0.5) is 11.8 Å². The largest absolute Gasteiger partial charge is 0.349 e. The van der Waals surface area contributed by atoms with Crippen molar-refractivity contribution in [1.29, 1.82) is 0 Å². The van der Waals surface area contributed by atoms with Crippen molar-refractivity contribution in [3.8, 4) is 0 Å². The number of anilines is 2. The predicted molar refractivity (Wildman–Crippen MR) is 132 cm³/mol. The number of piperazine rings is 1. The second-order valence-corrected chi connectivity index (χ2v) is 10.0. The van der Waals surface area contributed by atoms with E-state index in [4.69, 9.17) is 21.6 Å². The minimum atomic E-state index is -0.0282. The number of amides is 2. The van der Waals surface area contributed by atoms with E-state index < -0.39 is 0 Å². The summed E-state index contributed by atoms with van der Waals surface area (Å²) in [6.07, 6.45) is 2.08. The van der Waals surface area contributed by atoms with E-state index in [0.717, 1.165) is 35.8 Å². The Morgan fingerprint density at radius 3 is 2.41 bits per heavy atom. The first-order valence-corrected chi connectivity index (χ1v) is 12.5. The molecule has 9 heteroatoms. The molecule has 4 heterocycles. The molecule has 0 aliphatic carbocycles. The molecule has 0 bridgehead atoms. The fourth-order valence-corrected chi connectivity index (χ4v) is 5.36. The van der Waals surface area contributed by atoms with E-state index in [1.165, 1.54) is 5.56 Å². The summed E-state index contributed by atoms with van der Waals surface area (Å²) < 4.78 is 0. The molecule has 0 radical (unpaired) electrons. The zero-order chi connectivity index (χ0) is 24.0. The van der Waals surface area contributed by atoms with Gasteiger partial charge < -0.3 is 19.6 Å². The van der Waals surface area contributed by atoms with E-state index in [1.54, 1.807) is 6.92 Å². The molecule has 34 heavy (non-hydrogen) atoms. The van der Waals surface area contributed by atoms with E-state index >= 15 is 0 Å². The summed E-state index contributed by atoms with van der Waals surface area (Å²) in [6, 6.07) is 8.30. The molecule has 8 nitrogen and oxygen atoms in total. The minimum Gasteiger partial charge on any atom is -0.349 e. The Kier molecular flexibility index (Phi) is 6.10. The summed E-state index contributed by atoms with van der Waals surface area (Å²) in [5.41, 5.74) is 2.64. The summed E-state index contributed by atoms with van der Waals surface area (Å²) in [5, 5.41) is 0.724. The van der Waals surface area contributed by atoms with Crippen LogP contribution in [0.25, 0.3) is 0 Å². The number of nitrogens with zero attached hydrogens (tertiary/aromatic N) is 6. The standard InChI is InChI=1S/C25H31ClN6O2/c1-16(2)32-15-20-22(24(32)34)27-25(30-13-11-29(12-14-30)17(3)33)28-23(20)31-10-4-5-21(31)18-6-8-19(26)9-7-18/h6-9,16,21H,4-5,10-15H2,1-3H3. The van der Waals surface area contributed by atoms with Crippen molar-refractivity contribution < 1.29 is 9.59 Å². The van der Waals surface area contributed by atoms with Gasteiger partial charge in [0.05, 0.1) is 12.6 Å². The van der Waals surface area contributed by atoms with Gasteiger partial charge in [0.1, 0.15) is 11.5 Å². The Bertz CT molecular complexity index is 1100. The molecular formula is C25H31ClN6O2. The van der Waals surface area contributed by atoms with E-state index in [2.05, 4.69) is 21.9 Å². The SMILES string of the molecule is CC(=O)N1CCN(c2nc3c(c(N4CCCC4c4ccc(Cl)cc4)n2)CN(C(C)C)C3=O)CC1. The van der Waals surface area contributed by atoms with Crippen molar-refractivity contribution in [3.63, 3.8) is 0 Å². The maximum atomic E-state index is 13.3. The second-order valence-electron chi connectivity index (χ2n) is 9.60. The van der Waals surface area contributed by atoms with Gasteiger partial charge in [0.15, 0.2) is 0 Å². The molecule has 2 amide bonds. The average molecular weight is 483 g/mol. The number of benzene rings is 1. The van der Waals surface area contributed by atoms with Gasteiger partial charge in [-0.25, -0.2) is 4.98 Å². The monoisotopic (exact) mass is 482 g/mol. The van der Waals surface area contributed by atoms with Gasteiger partial charge in [-0.2, -0.15) is 4.98 Å². The van der Waals surface area contributed by atoms with Crippen molar-refractivity contribution in [3.05, 3.63) is 46.1 Å². The molecule has 5 rings (SSSR count). The quantitative estimate of drug-likeness (QED) is 0.664. The molecular weight excluding hydrogens is 452 g/mol. The van der Waals surface area contributed by atoms with Gasteiger partial charge in [0, 0.05) is 56.3 Å². The lowest BCUT2D eigenvalue weighted by Gasteiger charge is -2.35. The molecule has 1 aromatic carbocycles. The highest BCUT2D eigenvalue weighted by Gasteiger charge is 2.39. The maximum Gasteiger partial charge on any atom is 0.273 e. The Morgan fingerprint density at radius 1 is 1.06 bits per heavy atom. The molecule has 3 aliphatic rings. The van der Waals surface area contributed by atoms with Gasteiger partial charge in [0.2, 0.25) is 11.9 Å². The number of carbonyl (C=O) groups is 2. The summed E-state index contributed by atoms with van der Waals surface area (Å²) in [6.45, 7) is 9.65. The minimum absolute atomic E-state index is 0.0282. The predicted octanol–water partition coefficient (Wildman–Crippen LogP) is 3.50. The van der Waals surface area contributed by atoms with Crippen LogP contribution in [-0.2, 0) is 11.3 Å². The molecule has 2 fully saturated rings. The Hall–Kier alpha value is -2.87. The van der Waals surface area contributed by atoms with Crippen LogP contribution >= 0.6 is 11.6 Å². The zero-order valence-corrected chi connectivity index (χ0v) is 20.8. The fraction of sp³-hybridized carbons (Fsp3) is 0.520. The molecule has 0 spiro atoms. The van der Waals surface area contributed by atoms with Gasteiger partial charge >= 0.3 is 0 Å². The van der Waals surface area contributed by atoms with E-state index in [-0.39, 0.29) is 23.9 Å². The molecule has 3 aliphatic heterocycles. The van der Waals surface area contributed by atoms with E-state index in [1.807, 2.05) is 35.8 Å². The van der Waals surface area contributed by atoms with Crippen LogP contribution in [-0.4, -0.2) is 70.3 Å². The number of fused-ring (bicyclic) bond motifs is 1. The van der Waals surface area contributed by atoms with E-state index in [9.17, 15) is 9.59 Å². The van der Waals surface area contributed by atoms with Gasteiger partial charge in [-0.3, -0.25) is 9.59 Å². The smallest absolute Gasteiger partial charge is 0.273 e. The molecule has 0 N–H and O–H groups in total. The average Bonchev–Trinajstić information content (AvgIpc) is 3.44. The molecule has 2 aromatic rings. The second kappa shape index (κ2) is 9.06. The molecule has 1 unspecified atom stereocenters. The molecule has 1 aromatic heterocycles. The third-order valence-corrected chi connectivity index (χ3v) is 7.43. The first kappa shape index (κ1) is 22.9. The Morgan fingerprint density at radius 2 is 1.76 bits per heavy atom. The van der Waals surface area contributed by atoms with Crippen LogP contribution in [0, 0.1) is 0 Å². The molecule has 2 saturated heterocycles. The number of carbonyl (C=O) groups excluding carboxylic acids is 2. The van der Waals surface area contributed by atoms with Gasteiger partial charge in [-0.05, 0) is 44.4 Å². The summed E-state index contributed by atoms with van der Waals surface area (Å²) in [4.78, 5) is 43.1. The van der Waals surface area contributed by atoms with Crippen molar-refractivity contribution >= 4 is 35.2 Å². The summed E-state index contributed by atoms with van der Waals surface area (Å²) >= 11 is 6.14. The third kappa shape index (κ3) is 4.08. The van der Waals surface area contributed by atoms with Crippen molar-refractivity contribution in [2.75, 3.05) is 42.5 Å². The van der Waals surface area contributed by atoms with Crippen molar-refractivity contribution in [2.45, 2.75) is 52.2 Å². The first-order chi connectivity index (χ1) is 16.3. The van der Waals surface area contributed by atoms with Crippen LogP contribution in [0.1, 0.15) is 61.3 Å². The summed E-state index contributed by atoms with van der Waals surface area (Å²) in [7, 11) is 0. The number of rotatable bonds is 4. The van der Waals surface area contributed by atoms with Crippen LogP contribution in [0.3, 0.4) is 0 Å². The number of hydrogen-bond acceptors (Lipinski definition) is 6. The molecule has 180 valence electrons. The van der Waals surface area contributed by atoms with E-state index in [0.29, 0.717) is 44.4 Å². The van der Waals surface area contributed by atoms with Crippen LogP contribution in [0.5, 0.6) is 0 Å². The molecule has 1 atom stereocenters. The Balaban J connectivity index is 1.53. The zero-order valence-electron chi connectivity index (χ0n) is 20.0. The highest BCUT2D eigenvalue weighted by atomic mass is 35.5. The van der Waals surface area contributed by atoms with Crippen LogP contribution in [0.15, 0.2) is 24.3 Å². The third-order valence-electron chi connectivity index (χ3n) is 7.18. The van der Waals surface area contributed by atoms with Crippen LogP contribution < -0.4 is 9.80 Å². The van der Waals surface area contributed by atoms with Crippen molar-refractivity contribution in [1.82, 2.24) is 19.8 Å². The highest BCUT2D eigenvalue weighted by molar-refractivity contribution is 6.30. The topological polar surface area (TPSA) is 72.9 Å². The maximum absolute atomic E-state index is 13.3. The normalized spacial score (nSPS) is 20.5. The lowest BCUT2D eigenvalue weighted by Crippen LogP contribution is -2.48. The number of aromatic nitrogens is 2. The first-order valence-electron chi connectivity index (χ1n) is 12.1. The van der Waals surface area contributed by atoms with Crippen molar-refractivity contribution in [2.24, 2.45) is 0 Å².